The molecule has 2 N–H and O–H groups in total. The van der Waals surface area contributed by atoms with Crippen LogP contribution >= 0.6 is 0 Å². The van der Waals surface area contributed by atoms with Crippen LogP contribution in [0.3, 0.4) is 0 Å². The standard InChI is InChI=1S/C17H15FN4O2/c1-24-17(12-10-20-21-11-12,15-4-2-3-9-19-15)16(23)22-14-7-5-13(18)6-8-14/h2-11H,1H3,(H,20,21)(H,22,23). The topological polar surface area (TPSA) is 79.9 Å². The fourth-order valence-electron chi connectivity index (χ4n) is 2.48. The van der Waals surface area contributed by atoms with E-state index in [2.05, 4.69) is 20.5 Å². The van der Waals surface area contributed by atoms with Crippen LogP contribution in [0.1, 0.15) is 11.3 Å². The number of nitrogens with zero attached hydrogens (tertiary/aromatic N) is 2. The van der Waals surface area contributed by atoms with Gasteiger partial charge in [-0.3, -0.25) is 14.9 Å². The first-order valence-electron chi connectivity index (χ1n) is 7.20. The lowest BCUT2D eigenvalue weighted by Crippen LogP contribution is -2.43. The van der Waals surface area contributed by atoms with Gasteiger partial charge >= 0.3 is 0 Å². The van der Waals surface area contributed by atoms with Crippen molar-refractivity contribution in [3.8, 4) is 0 Å². The van der Waals surface area contributed by atoms with E-state index < -0.39 is 11.5 Å². The van der Waals surface area contributed by atoms with E-state index in [1.807, 2.05) is 0 Å². The van der Waals surface area contributed by atoms with Gasteiger partial charge in [0.25, 0.3) is 5.91 Å². The Morgan fingerprint density at radius 1 is 1.25 bits per heavy atom. The molecule has 0 aliphatic carbocycles. The van der Waals surface area contributed by atoms with Crippen LogP contribution in [0.5, 0.6) is 0 Å². The van der Waals surface area contributed by atoms with E-state index in [0.29, 0.717) is 16.9 Å². The third kappa shape index (κ3) is 2.77. The van der Waals surface area contributed by atoms with Crippen LogP contribution in [0, 0.1) is 5.82 Å². The van der Waals surface area contributed by atoms with Crippen LogP contribution in [-0.2, 0) is 15.1 Å². The summed E-state index contributed by atoms with van der Waals surface area (Å²) in [6.07, 6.45) is 4.65. The number of hydrogen-bond acceptors (Lipinski definition) is 4. The summed E-state index contributed by atoms with van der Waals surface area (Å²) in [5.74, 6) is -0.845. The highest BCUT2D eigenvalue weighted by atomic mass is 19.1. The monoisotopic (exact) mass is 326 g/mol. The maximum Gasteiger partial charge on any atom is 0.267 e. The molecule has 122 valence electrons. The van der Waals surface area contributed by atoms with E-state index in [0.717, 1.165) is 0 Å². The summed E-state index contributed by atoms with van der Waals surface area (Å²) in [6.45, 7) is 0. The van der Waals surface area contributed by atoms with Crippen molar-refractivity contribution in [3.63, 3.8) is 0 Å². The molecule has 1 atom stereocenters. The van der Waals surface area contributed by atoms with Crippen molar-refractivity contribution in [2.75, 3.05) is 12.4 Å². The van der Waals surface area contributed by atoms with Crippen molar-refractivity contribution >= 4 is 11.6 Å². The van der Waals surface area contributed by atoms with Gasteiger partial charge in [-0.25, -0.2) is 4.39 Å². The molecule has 1 aromatic carbocycles. The lowest BCUT2D eigenvalue weighted by molar-refractivity contribution is -0.134. The largest absolute Gasteiger partial charge is 0.358 e. The Kier molecular flexibility index (Phi) is 4.35. The molecule has 6 nitrogen and oxygen atoms in total. The second-order valence-corrected chi connectivity index (χ2v) is 5.05. The molecule has 2 aromatic heterocycles. The number of halogens is 1. The number of hydrogen-bond donors (Lipinski definition) is 2. The summed E-state index contributed by atoms with van der Waals surface area (Å²) >= 11 is 0. The molecule has 3 aromatic rings. The van der Waals surface area contributed by atoms with Crippen molar-refractivity contribution in [2.45, 2.75) is 5.60 Å². The Morgan fingerprint density at radius 2 is 2.04 bits per heavy atom. The van der Waals surface area contributed by atoms with E-state index in [9.17, 15) is 9.18 Å². The second kappa shape index (κ2) is 6.59. The molecule has 3 rings (SSSR count). The first kappa shape index (κ1) is 15.8. The molecule has 0 aliphatic heterocycles. The lowest BCUT2D eigenvalue weighted by Gasteiger charge is -2.29. The van der Waals surface area contributed by atoms with Crippen LogP contribution in [0.15, 0.2) is 61.1 Å². The SMILES string of the molecule is COC(C(=O)Nc1ccc(F)cc1)(c1cn[nH]c1)c1ccccn1. The molecular formula is C17H15FN4O2. The smallest absolute Gasteiger partial charge is 0.267 e. The van der Waals surface area contributed by atoms with Crippen LogP contribution < -0.4 is 5.32 Å². The average Bonchev–Trinajstić information content (AvgIpc) is 3.14. The van der Waals surface area contributed by atoms with Crippen LogP contribution in [0.2, 0.25) is 0 Å². The quantitative estimate of drug-likeness (QED) is 0.755. The van der Waals surface area contributed by atoms with Gasteiger partial charge in [0.1, 0.15) is 5.82 Å². The summed E-state index contributed by atoms with van der Waals surface area (Å²) in [5, 5.41) is 9.31. The van der Waals surface area contributed by atoms with Crippen molar-refractivity contribution in [2.24, 2.45) is 0 Å². The maximum atomic E-state index is 13.1. The van der Waals surface area contributed by atoms with E-state index in [1.165, 1.54) is 37.6 Å². The summed E-state index contributed by atoms with van der Waals surface area (Å²) in [5.41, 5.74) is -0.123. The highest BCUT2D eigenvalue weighted by molar-refractivity contribution is 6.00. The Labute approximate surface area is 137 Å². The van der Waals surface area contributed by atoms with Gasteiger partial charge < -0.3 is 10.1 Å². The molecule has 1 amide bonds. The minimum atomic E-state index is -1.48. The molecule has 0 spiro atoms. The van der Waals surface area contributed by atoms with Crippen LogP contribution in [0.4, 0.5) is 10.1 Å². The molecule has 7 heteroatoms. The third-order valence-electron chi connectivity index (χ3n) is 3.66. The average molecular weight is 326 g/mol. The molecule has 24 heavy (non-hydrogen) atoms. The molecular weight excluding hydrogens is 311 g/mol. The molecule has 1 unspecified atom stereocenters. The zero-order chi connectivity index (χ0) is 17.0. The number of benzene rings is 1. The molecule has 0 fully saturated rings. The molecule has 0 saturated heterocycles. The van der Waals surface area contributed by atoms with Gasteiger partial charge in [0.2, 0.25) is 5.60 Å². The number of nitrogens with one attached hydrogen (secondary N) is 2. The first-order chi connectivity index (χ1) is 11.7. The van der Waals surface area contributed by atoms with E-state index in [1.54, 1.807) is 30.6 Å². The maximum absolute atomic E-state index is 13.1. The summed E-state index contributed by atoms with van der Waals surface area (Å²) in [6, 6.07) is 10.7. The van der Waals surface area contributed by atoms with Gasteiger partial charge in [-0.05, 0) is 36.4 Å². The Balaban J connectivity index is 2.04. The Bertz CT molecular complexity index is 806. The number of aromatic amines is 1. The number of amides is 1. The van der Waals surface area contributed by atoms with Crippen molar-refractivity contribution in [1.82, 2.24) is 15.2 Å². The highest BCUT2D eigenvalue weighted by Gasteiger charge is 2.44. The summed E-state index contributed by atoms with van der Waals surface area (Å²) < 4.78 is 18.7. The number of rotatable bonds is 5. The molecule has 2 heterocycles. The number of carbonyl (C=O) groups excluding carboxylic acids is 1. The fraction of sp³-hybridized carbons (Fsp3) is 0.118. The van der Waals surface area contributed by atoms with Gasteiger partial charge in [0.05, 0.1) is 11.9 Å². The van der Waals surface area contributed by atoms with Crippen molar-refractivity contribution < 1.29 is 13.9 Å². The molecule has 0 aliphatic rings. The second-order valence-electron chi connectivity index (χ2n) is 5.05. The number of methoxy groups -OCH3 is 1. The number of H-pyrrole nitrogens is 1. The Morgan fingerprint density at radius 3 is 2.62 bits per heavy atom. The molecule has 0 bridgehead atoms. The predicted octanol–water partition coefficient (Wildman–Crippen LogP) is 2.47. The van der Waals surface area contributed by atoms with Gasteiger partial charge in [0.15, 0.2) is 0 Å². The van der Waals surface area contributed by atoms with E-state index in [-0.39, 0.29) is 5.82 Å². The summed E-state index contributed by atoms with van der Waals surface area (Å²) in [4.78, 5) is 17.3. The van der Waals surface area contributed by atoms with Crippen LogP contribution in [0.25, 0.3) is 0 Å². The van der Waals surface area contributed by atoms with Crippen molar-refractivity contribution in [3.05, 3.63) is 78.1 Å². The summed E-state index contributed by atoms with van der Waals surface area (Å²) in [7, 11) is 1.42. The first-order valence-corrected chi connectivity index (χ1v) is 7.20. The van der Waals surface area contributed by atoms with Crippen LogP contribution in [-0.4, -0.2) is 28.2 Å². The third-order valence-corrected chi connectivity index (χ3v) is 3.66. The lowest BCUT2D eigenvalue weighted by atomic mass is 9.90. The van der Waals surface area contributed by atoms with Gasteiger partial charge in [0, 0.05) is 30.8 Å². The number of anilines is 1. The van der Waals surface area contributed by atoms with Gasteiger partial charge in [-0.1, -0.05) is 6.07 Å². The van der Waals surface area contributed by atoms with E-state index >= 15 is 0 Å². The number of pyridine rings is 1. The molecule has 0 saturated carbocycles. The minimum absolute atomic E-state index is 0.384. The molecule has 0 radical (unpaired) electrons. The normalized spacial score (nSPS) is 13.2. The van der Waals surface area contributed by atoms with E-state index in [4.69, 9.17) is 4.74 Å². The highest BCUT2D eigenvalue weighted by Crippen LogP contribution is 2.32. The Hall–Kier alpha value is -3.06. The fourth-order valence-corrected chi connectivity index (χ4v) is 2.48. The minimum Gasteiger partial charge on any atom is -0.358 e. The van der Waals surface area contributed by atoms with Gasteiger partial charge in [-0.2, -0.15) is 5.10 Å². The zero-order valence-electron chi connectivity index (χ0n) is 12.9. The number of aromatic nitrogens is 3. The number of carbonyl (C=O) groups is 1. The zero-order valence-corrected chi connectivity index (χ0v) is 12.9. The van der Waals surface area contributed by atoms with Gasteiger partial charge in [-0.15, -0.1) is 0 Å². The van der Waals surface area contributed by atoms with Crippen molar-refractivity contribution in [1.29, 1.82) is 0 Å². The predicted molar refractivity (Wildman–Crippen MR) is 85.6 cm³/mol. The number of ether oxygens (including phenoxy) is 1.